The van der Waals surface area contributed by atoms with E-state index in [0.29, 0.717) is 22.0 Å². The second-order valence-corrected chi connectivity index (χ2v) is 9.60. The van der Waals surface area contributed by atoms with Gasteiger partial charge >= 0.3 is 5.97 Å². The lowest BCUT2D eigenvalue weighted by Crippen LogP contribution is -2.27. The lowest BCUT2D eigenvalue weighted by atomic mass is 9.99. The molecule has 6 nitrogen and oxygen atoms in total. The predicted molar refractivity (Wildman–Crippen MR) is 111 cm³/mol. The summed E-state index contributed by atoms with van der Waals surface area (Å²) in [6.07, 6.45) is 1.08. The number of hydrogen-bond acceptors (Lipinski definition) is 5. The van der Waals surface area contributed by atoms with Crippen LogP contribution in [0.25, 0.3) is 11.1 Å². The van der Waals surface area contributed by atoms with Gasteiger partial charge in [0.2, 0.25) is 10.0 Å². The molecule has 0 spiro atoms. The van der Waals surface area contributed by atoms with Gasteiger partial charge in [0.1, 0.15) is 11.4 Å². The molecule has 2 rings (SSSR count). The Labute approximate surface area is 170 Å². The molecular formula is C20H24ClNO5S. The molecule has 28 heavy (non-hydrogen) atoms. The standard InChI is InChI=1S/C20H24ClNO5S/c1-13-6-8-15(22-28(5,24)25)11-16(13)17-10-14(21)7-9-18(17)26-12-19(23)27-20(2,3)4/h6-11,22H,12H2,1-5H3. The van der Waals surface area contributed by atoms with E-state index in [2.05, 4.69) is 4.72 Å². The number of sulfonamides is 1. The molecule has 0 atom stereocenters. The van der Waals surface area contributed by atoms with Gasteiger partial charge in [-0.1, -0.05) is 17.7 Å². The van der Waals surface area contributed by atoms with Gasteiger partial charge in [0.05, 0.1) is 6.26 Å². The highest BCUT2D eigenvalue weighted by molar-refractivity contribution is 7.92. The van der Waals surface area contributed by atoms with Crippen molar-refractivity contribution < 1.29 is 22.7 Å². The van der Waals surface area contributed by atoms with Crippen LogP contribution in [0.3, 0.4) is 0 Å². The van der Waals surface area contributed by atoms with Crippen LogP contribution in [0, 0.1) is 6.92 Å². The van der Waals surface area contributed by atoms with Crippen molar-refractivity contribution >= 4 is 33.3 Å². The summed E-state index contributed by atoms with van der Waals surface area (Å²) in [5.74, 6) is -0.0486. The number of benzene rings is 2. The number of anilines is 1. The molecule has 0 unspecified atom stereocenters. The van der Waals surface area contributed by atoms with Crippen molar-refractivity contribution in [1.82, 2.24) is 0 Å². The molecule has 152 valence electrons. The molecule has 0 aliphatic carbocycles. The lowest BCUT2D eigenvalue weighted by molar-refractivity contribution is -0.157. The largest absolute Gasteiger partial charge is 0.481 e. The average Bonchev–Trinajstić information content (AvgIpc) is 2.52. The van der Waals surface area contributed by atoms with Crippen molar-refractivity contribution in [3.8, 4) is 16.9 Å². The first-order valence-corrected chi connectivity index (χ1v) is 10.8. The molecule has 0 aliphatic rings. The molecule has 2 aromatic rings. The topological polar surface area (TPSA) is 81.7 Å². The van der Waals surface area contributed by atoms with Gasteiger partial charge < -0.3 is 9.47 Å². The maximum absolute atomic E-state index is 12.0. The summed E-state index contributed by atoms with van der Waals surface area (Å²) in [5, 5.41) is 0.487. The minimum Gasteiger partial charge on any atom is -0.481 e. The number of aryl methyl sites for hydroxylation is 1. The van der Waals surface area contributed by atoms with Gasteiger partial charge in [0.25, 0.3) is 0 Å². The molecule has 2 aromatic carbocycles. The van der Waals surface area contributed by atoms with E-state index < -0.39 is 21.6 Å². The summed E-state index contributed by atoms with van der Waals surface area (Å²) in [6, 6.07) is 10.2. The van der Waals surface area contributed by atoms with E-state index in [0.717, 1.165) is 17.4 Å². The molecule has 0 aliphatic heterocycles. The quantitative estimate of drug-likeness (QED) is 0.693. The van der Waals surface area contributed by atoms with Crippen molar-refractivity contribution in [2.75, 3.05) is 17.6 Å². The van der Waals surface area contributed by atoms with Gasteiger partial charge in [-0.15, -0.1) is 0 Å². The first kappa shape index (κ1) is 22.0. The fourth-order valence-corrected chi connectivity index (χ4v) is 3.26. The van der Waals surface area contributed by atoms with E-state index >= 15 is 0 Å². The number of nitrogens with one attached hydrogen (secondary N) is 1. The maximum Gasteiger partial charge on any atom is 0.344 e. The Morgan fingerprint density at radius 2 is 1.79 bits per heavy atom. The first-order chi connectivity index (χ1) is 12.8. The molecule has 0 aromatic heterocycles. The van der Waals surface area contributed by atoms with Crippen LogP contribution >= 0.6 is 11.6 Å². The van der Waals surface area contributed by atoms with E-state index in [-0.39, 0.29) is 6.61 Å². The Bertz CT molecular complexity index is 981. The van der Waals surface area contributed by atoms with Crippen molar-refractivity contribution in [2.24, 2.45) is 0 Å². The SMILES string of the molecule is Cc1ccc(NS(C)(=O)=O)cc1-c1cc(Cl)ccc1OCC(=O)OC(C)(C)C. The maximum atomic E-state index is 12.0. The summed E-state index contributed by atoms with van der Waals surface area (Å²) < 4.78 is 36.5. The van der Waals surface area contributed by atoms with Gasteiger partial charge in [-0.05, 0) is 69.2 Å². The first-order valence-electron chi connectivity index (χ1n) is 8.57. The number of esters is 1. The Kier molecular flexibility index (Phi) is 6.62. The van der Waals surface area contributed by atoms with Crippen LogP contribution in [-0.2, 0) is 19.6 Å². The molecular weight excluding hydrogens is 402 g/mol. The summed E-state index contributed by atoms with van der Waals surface area (Å²) in [7, 11) is -3.41. The van der Waals surface area contributed by atoms with Crippen LogP contribution in [0.2, 0.25) is 5.02 Å². The third kappa shape index (κ3) is 6.73. The Balaban J connectivity index is 2.37. The Morgan fingerprint density at radius 3 is 2.39 bits per heavy atom. The van der Waals surface area contributed by atoms with Gasteiger partial charge in [0.15, 0.2) is 6.61 Å². The number of hydrogen-bond donors (Lipinski definition) is 1. The molecule has 0 saturated carbocycles. The molecule has 1 N–H and O–H groups in total. The Morgan fingerprint density at radius 1 is 1.11 bits per heavy atom. The van der Waals surface area contributed by atoms with Gasteiger partial charge in [0, 0.05) is 16.3 Å². The van der Waals surface area contributed by atoms with Crippen molar-refractivity contribution in [3.05, 3.63) is 47.0 Å². The van der Waals surface area contributed by atoms with E-state index in [1.807, 2.05) is 6.92 Å². The number of ether oxygens (including phenoxy) is 2. The van der Waals surface area contributed by atoms with Crippen LogP contribution in [0.5, 0.6) is 5.75 Å². The van der Waals surface area contributed by atoms with E-state index in [1.165, 1.54) is 0 Å². The van der Waals surface area contributed by atoms with E-state index in [4.69, 9.17) is 21.1 Å². The van der Waals surface area contributed by atoms with Gasteiger partial charge in [-0.2, -0.15) is 0 Å². The smallest absolute Gasteiger partial charge is 0.344 e. The highest BCUT2D eigenvalue weighted by atomic mass is 35.5. The van der Waals surface area contributed by atoms with Crippen LogP contribution in [0.15, 0.2) is 36.4 Å². The lowest BCUT2D eigenvalue weighted by Gasteiger charge is -2.20. The van der Waals surface area contributed by atoms with E-state index in [9.17, 15) is 13.2 Å². The number of rotatable bonds is 6. The minimum atomic E-state index is -3.41. The summed E-state index contributed by atoms with van der Waals surface area (Å²) in [4.78, 5) is 12.0. The van der Waals surface area contributed by atoms with Crippen LogP contribution in [0.1, 0.15) is 26.3 Å². The zero-order chi connectivity index (χ0) is 21.1. The predicted octanol–water partition coefficient (Wildman–Crippen LogP) is 4.41. The zero-order valence-corrected chi connectivity index (χ0v) is 18.1. The van der Waals surface area contributed by atoms with Crippen LogP contribution in [0.4, 0.5) is 5.69 Å². The summed E-state index contributed by atoms with van der Waals surface area (Å²) in [5.41, 5.74) is 2.08. The molecule has 0 bridgehead atoms. The van der Waals surface area contributed by atoms with Gasteiger partial charge in [-0.25, -0.2) is 13.2 Å². The third-order valence-electron chi connectivity index (χ3n) is 3.54. The fourth-order valence-electron chi connectivity index (χ4n) is 2.54. The highest BCUT2D eigenvalue weighted by Crippen LogP contribution is 2.36. The van der Waals surface area contributed by atoms with Gasteiger partial charge in [-0.3, -0.25) is 4.72 Å². The van der Waals surface area contributed by atoms with Crippen LogP contribution < -0.4 is 9.46 Å². The molecule has 0 fully saturated rings. The normalized spacial score (nSPS) is 11.8. The average molecular weight is 426 g/mol. The molecule has 0 amide bonds. The number of halogens is 1. The fraction of sp³-hybridized carbons (Fsp3) is 0.350. The van der Waals surface area contributed by atoms with Crippen molar-refractivity contribution in [2.45, 2.75) is 33.3 Å². The van der Waals surface area contributed by atoms with Crippen molar-refractivity contribution in [3.63, 3.8) is 0 Å². The summed E-state index contributed by atoms with van der Waals surface area (Å²) in [6.45, 7) is 6.97. The second-order valence-electron chi connectivity index (χ2n) is 7.42. The molecule has 0 heterocycles. The summed E-state index contributed by atoms with van der Waals surface area (Å²) >= 11 is 6.16. The third-order valence-corrected chi connectivity index (χ3v) is 4.38. The van der Waals surface area contributed by atoms with Crippen molar-refractivity contribution in [1.29, 1.82) is 0 Å². The monoisotopic (exact) mass is 425 g/mol. The second kappa shape index (κ2) is 8.41. The Hall–Kier alpha value is -2.25. The molecule has 0 radical (unpaired) electrons. The van der Waals surface area contributed by atoms with Crippen LogP contribution in [-0.4, -0.2) is 32.9 Å². The number of carbonyl (C=O) groups is 1. The molecule has 8 heteroatoms. The molecule has 0 saturated heterocycles. The number of carbonyl (C=O) groups excluding carboxylic acids is 1. The van der Waals surface area contributed by atoms with E-state index in [1.54, 1.807) is 57.2 Å². The zero-order valence-electron chi connectivity index (χ0n) is 16.5. The minimum absolute atomic E-state index is 0.258. The highest BCUT2D eigenvalue weighted by Gasteiger charge is 2.18.